The van der Waals surface area contributed by atoms with Gasteiger partial charge in [0.15, 0.2) is 15.8 Å². The van der Waals surface area contributed by atoms with Crippen LogP contribution in [0.4, 0.5) is 0 Å². The second-order valence-corrected chi connectivity index (χ2v) is 6.09. The molecule has 0 spiro atoms. The number of sulfone groups is 1. The zero-order valence-electron chi connectivity index (χ0n) is 10.8. The Kier molecular flexibility index (Phi) is 8.87. The first kappa shape index (κ1) is 17.9. The third kappa shape index (κ3) is 6.74. The largest absolute Gasteiger partial charge is 0.374 e. The maximum Gasteiger partial charge on any atom is 0.191 e. The highest BCUT2D eigenvalue weighted by molar-refractivity contribution is 14.0. The molecule has 0 bridgehead atoms. The predicted molar refractivity (Wildman–Crippen MR) is 83.5 cm³/mol. The van der Waals surface area contributed by atoms with Crippen LogP contribution in [0, 0.1) is 0 Å². The van der Waals surface area contributed by atoms with Crippen LogP contribution < -0.4 is 10.6 Å². The van der Waals surface area contributed by atoms with Crippen molar-refractivity contribution < 1.29 is 13.2 Å². The van der Waals surface area contributed by atoms with Gasteiger partial charge in [-0.3, -0.25) is 4.99 Å². The maximum atomic E-state index is 11.4. The fourth-order valence-corrected chi connectivity index (χ4v) is 2.85. The van der Waals surface area contributed by atoms with Gasteiger partial charge >= 0.3 is 0 Å². The molecule has 1 heterocycles. The maximum absolute atomic E-state index is 11.4. The molecule has 0 aromatic carbocycles. The molecule has 108 valence electrons. The Balaban J connectivity index is 0.00000289. The number of guanidine groups is 1. The summed E-state index contributed by atoms with van der Waals surface area (Å²) in [5.74, 6) is 0.893. The Morgan fingerprint density at radius 2 is 1.94 bits per heavy atom. The van der Waals surface area contributed by atoms with Crippen molar-refractivity contribution in [3.63, 3.8) is 0 Å². The molecule has 0 radical (unpaired) electrons. The Hall–Kier alpha value is -0.0900. The molecular formula is C10H22IN3O3S. The van der Waals surface area contributed by atoms with Crippen LogP contribution in [-0.2, 0) is 14.6 Å². The highest BCUT2D eigenvalue weighted by Gasteiger charge is 2.25. The highest BCUT2D eigenvalue weighted by Crippen LogP contribution is 2.07. The van der Waals surface area contributed by atoms with Crippen LogP contribution in [0.3, 0.4) is 0 Å². The number of aliphatic imine (C=N–C) groups is 1. The van der Waals surface area contributed by atoms with Gasteiger partial charge in [-0.2, -0.15) is 0 Å². The molecule has 1 aliphatic rings. The highest BCUT2D eigenvalue weighted by atomic mass is 127. The number of hydrogen-bond acceptors (Lipinski definition) is 4. The summed E-state index contributed by atoms with van der Waals surface area (Å²) >= 11 is 0. The fraction of sp³-hybridized carbons (Fsp3) is 0.900. The van der Waals surface area contributed by atoms with Gasteiger partial charge < -0.3 is 15.4 Å². The summed E-state index contributed by atoms with van der Waals surface area (Å²) in [6.07, 6.45) is -0.318. The van der Waals surface area contributed by atoms with Gasteiger partial charge in [-0.15, -0.1) is 24.0 Å². The van der Waals surface area contributed by atoms with Crippen molar-refractivity contribution in [2.24, 2.45) is 4.99 Å². The number of nitrogens with one attached hydrogen (secondary N) is 2. The number of hydrogen-bond donors (Lipinski definition) is 2. The van der Waals surface area contributed by atoms with Crippen LogP contribution in [0.1, 0.15) is 13.8 Å². The molecule has 1 fully saturated rings. The average Bonchev–Trinajstić information content (AvgIpc) is 2.25. The zero-order valence-corrected chi connectivity index (χ0v) is 14.0. The van der Waals surface area contributed by atoms with Gasteiger partial charge in [0.2, 0.25) is 0 Å². The summed E-state index contributed by atoms with van der Waals surface area (Å²) in [4.78, 5) is 4.30. The van der Waals surface area contributed by atoms with E-state index in [1.165, 1.54) is 0 Å². The third-order valence-corrected chi connectivity index (χ3v) is 4.00. The summed E-state index contributed by atoms with van der Waals surface area (Å²) in [6, 6.07) is 0. The lowest BCUT2D eigenvalue weighted by Crippen LogP contribution is -2.40. The Morgan fingerprint density at radius 3 is 2.44 bits per heavy atom. The molecule has 1 unspecified atom stereocenters. The van der Waals surface area contributed by atoms with Crippen LogP contribution >= 0.6 is 24.0 Å². The van der Waals surface area contributed by atoms with Gasteiger partial charge in [0, 0.05) is 13.1 Å². The normalized spacial score (nSPS) is 21.6. The summed E-state index contributed by atoms with van der Waals surface area (Å²) < 4.78 is 28.2. The molecule has 1 aliphatic heterocycles. The first-order valence-corrected chi connectivity index (χ1v) is 7.73. The third-order valence-electron chi connectivity index (χ3n) is 2.33. The monoisotopic (exact) mass is 391 g/mol. The van der Waals surface area contributed by atoms with Gasteiger partial charge in [0.25, 0.3) is 0 Å². The van der Waals surface area contributed by atoms with Crippen molar-refractivity contribution in [1.29, 1.82) is 0 Å². The summed E-state index contributed by atoms with van der Waals surface area (Å²) in [5, 5.41) is 6.16. The predicted octanol–water partition coefficient (Wildman–Crippen LogP) is -0.00700. The average molecular weight is 391 g/mol. The van der Waals surface area contributed by atoms with E-state index in [-0.39, 0.29) is 48.2 Å². The van der Waals surface area contributed by atoms with E-state index in [1.807, 2.05) is 13.8 Å². The summed E-state index contributed by atoms with van der Waals surface area (Å²) in [7, 11) is -2.94. The van der Waals surface area contributed by atoms with Crippen LogP contribution in [0.15, 0.2) is 4.99 Å². The van der Waals surface area contributed by atoms with E-state index in [0.717, 1.165) is 13.1 Å². The first-order valence-electron chi connectivity index (χ1n) is 5.91. The van der Waals surface area contributed by atoms with Crippen LogP contribution in [0.25, 0.3) is 0 Å². The van der Waals surface area contributed by atoms with E-state index in [1.54, 1.807) is 0 Å². The lowest BCUT2D eigenvalue weighted by Gasteiger charge is -2.21. The topological polar surface area (TPSA) is 79.8 Å². The lowest BCUT2D eigenvalue weighted by atomic mass is 10.4. The number of halogens is 1. The summed E-state index contributed by atoms with van der Waals surface area (Å²) in [5.41, 5.74) is 0. The number of nitrogens with zero attached hydrogens (tertiary/aromatic N) is 1. The molecule has 6 nitrogen and oxygen atoms in total. The van der Waals surface area contributed by atoms with Crippen molar-refractivity contribution in [3.05, 3.63) is 0 Å². The van der Waals surface area contributed by atoms with E-state index >= 15 is 0 Å². The quantitative estimate of drug-likeness (QED) is 0.401. The molecule has 18 heavy (non-hydrogen) atoms. The van der Waals surface area contributed by atoms with E-state index in [9.17, 15) is 8.42 Å². The van der Waals surface area contributed by atoms with E-state index in [0.29, 0.717) is 12.5 Å². The minimum Gasteiger partial charge on any atom is -0.374 e. The molecule has 1 rings (SSSR count). The molecule has 1 saturated heterocycles. The molecule has 0 saturated carbocycles. The number of ether oxygens (including phenoxy) is 1. The second-order valence-electron chi connectivity index (χ2n) is 3.86. The molecular weight excluding hydrogens is 369 g/mol. The van der Waals surface area contributed by atoms with Crippen molar-refractivity contribution in [2.75, 3.05) is 37.7 Å². The van der Waals surface area contributed by atoms with Gasteiger partial charge in [-0.05, 0) is 13.8 Å². The lowest BCUT2D eigenvalue weighted by molar-refractivity contribution is 0.0782. The Bertz CT molecular complexity index is 351. The van der Waals surface area contributed by atoms with Gasteiger partial charge in [0.1, 0.15) is 0 Å². The van der Waals surface area contributed by atoms with Crippen molar-refractivity contribution >= 4 is 39.8 Å². The molecule has 0 aliphatic carbocycles. The molecule has 0 aromatic rings. The van der Waals surface area contributed by atoms with Gasteiger partial charge in [0.05, 0.1) is 30.8 Å². The van der Waals surface area contributed by atoms with Gasteiger partial charge in [-0.25, -0.2) is 8.42 Å². The van der Waals surface area contributed by atoms with Crippen LogP contribution in [0.5, 0.6) is 0 Å². The smallest absolute Gasteiger partial charge is 0.191 e. The van der Waals surface area contributed by atoms with Crippen molar-refractivity contribution in [1.82, 2.24) is 10.6 Å². The molecule has 2 N–H and O–H groups in total. The Labute approximate surface area is 126 Å². The minimum atomic E-state index is -2.94. The van der Waals surface area contributed by atoms with Crippen molar-refractivity contribution in [3.8, 4) is 0 Å². The molecule has 0 aromatic heterocycles. The molecule has 8 heteroatoms. The molecule has 0 amide bonds. The van der Waals surface area contributed by atoms with Gasteiger partial charge in [-0.1, -0.05) is 0 Å². The van der Waals surface area contributed by atoms with Crippen LogP contribution in [0.2, 0.25) is 0 Å². The first-order chi connectivity index (χ1) is 8.07. The fourth-order valence-electron chi connectivity index (χ4n) is 1.56. The minimum absolute atomic E-state index is 0. The van der Waals surface area contributed by atoms with E-state index < -0.39 is 9.84 Å². The standard InChI is InChI=1S/C10H21N3O3S.HI/c1-3-11-10(12-4-2)13-7-9-8-17(14,15)6-5-16-9;/h9H,3-8H2,1-2H3,(H2,11,12,13);1H. The number of rotatable bonds is 4. The summed E-state index contributed by atoms with van der Waals surface area (Å²) in [6.45, 7) is 6.16. The SMILES string of the molecule is CCNC(=NCC1CS(=O)(=O)CCO1)NCC.I. The van der Waals surface area contributed by atoms with E-state index in [4.69, 9.17) is 4.74 Å². The zero-order chi connectivity index (χ0) is 12.7. The van der Waals surface area contributed by atoms with Crippen molar-refractivity contribution in [2.45, 2.75) is 20.0 Å². The molecule has 1 atom stereocenters. The second kappa shape index (κ2) is 8.92. The Morgan fingerprint density at radius 1 is 1.33 bits per heavy atom. The van der Waals surface area contributed by atoms with Crippen LogP contribution in [-0.4, -0.2) is 58.2 Å². The van der Waals surface area contributed by atoms with E-state index in [2.05, 4.69) is 15.6 Å².